The summed E-state index contributed by atoms with van der Waals surface area (Å²) in [6.07, 6.45) is 77.6. The summed E-state index contributed by atoms with van der Waals surface area (Å²) < 4.78 is 34.6. The Morgan fingerprint density at radius 1 is 0.421 bits per heavy atom. The molecule has 2 atom stereocenters. The lowest BCUT2D eigenvalue weighted by molar-refractivity contribution is -0.870. The molecule has 0 aromatic rings. The number of allylic oxidation sites excluding steroid dienone is 16. The van der Waals surface area contributed by atoms with E-state index in [2.05, 4.69) is 111 Å². The first kappa shape index (κ1) is 72.9. The zero-order valence-electron chi connectivity index (χ0n) is 49.7. The number of carbonyl (C=O) groups is 2. The van der Waals surface area contributed by atoms with E-state index in [-0.39, 0.29) is 32.0 Å². The van der Waals surface area contributed by atoms with Crippen molar-refractivity contribution in [1.29, 1.82) is 0 Å². The number of nitrogens with zero attached hydrogens (tertiary/aromatic N) is 1. The zero-order chi connectivity index (χ0) is 55.6. The second-order valence-electron chi connectivity index (χ2n) is 21.7. The molecule has 0 heterocycles. The minimum Gasteiger partial charge on any atom is -0.462 e. The predicted molar refractivity (Wildman–Crippen MR) is 325 cm³/mol. The second-order valence-corrected chi connectivity index (χ2v) is 23.2. The first-order valence-electron chi connectivity index (χ1n) is 31.0. The average molecular weight is 1080 g/mol. The fraction of sp³-hybridized carbons (Fsp3) is 0.727. The molecule has 0 fully saturated rings. The van der Waals surface area contributed by atoms with Crippen LogP contribution in [-0.2, 0) is 32.7 Å². The standard InChI is InChI=1S/C66H116NO8P/c1-6-8-10-12-14-16-18-20-22-24-26-28-30-31-32-33-34-35-37-39-41-43-45-47-49-51-53-55-57-59-66(69)75-64(63-74-76(70,71)73-61-60-67(3,4)5)62-72-65(68)58-56-54-52-50-48-46-44-42-40-38-36-29-27-25-23-21-19-17-15-13-11-9-7-2/h8,10,14,16,19-22,25-28,31-32,36,38,64H,6-7,9,11-13,15,17-18,23-24,29-30,33-35,37,39-63H2,1-5H3/p+1/b10-8-,16-14-,21-19-,22-20-,27-25-,28-26-,32-31-,38-36-. The van der Waals surface area contributed by atoms with Crippen LogP contribution in [0.2, 0.25) is 0 Å². The number of likely N-dealkylation sites (N-methyl/N-ethyl adjacent to an activating group) is 1. The number of hydrogen-bond acceptors (Lipinski definition) is 7. The van der Waals surface area contributed by atoms with E-state index in [9.17, 15) is 19.0 Å². The van der Waals surface area contributed by atoms with E-state index < -0.39 is 26.5 Å². The molecule has 0 aliphatic rings. The van der Waals surface area contributed by atoms with Crippen molar-refractivity contribution in [2.45, 2.75) is 264 Å². The summed E-state index contributed by atoms with van der Waals surface area (Å²) in [5.74, 6) is -0.806. The van der Waals surface area contributed by atoms with Gasteiger partial charge in [-0.25, -0.2) is 4.57 Å². The Kier molecular flexibility index (Phi) is 54.4. The lowest BCUT2D eigenvalue weighted by Crippen LogP contribution is -2.37. The summed E-state index contributed by atoms with van der Waals surface area (Å²) in [7, 11) is 1.47. The molecule has 0 radical (unpaired) electrons. The minimum atomic E-state index is -4.40. The number of carbonyl (C=O) groups excluding carboxylic acids is 2. The summed E-state index contributed by atoms with van der Waals surface area (Å²) in [5, 5.41) is 0. The van der Waals surface area contributed by atoms with Gasteiger partial charge in [-0.3, -0.25) is 18.6 Å². The van der Waals surface area contributed by atoms with Crippen LogP contribution in [0.15, 0.2) is 97.2 Å². The SMILES string of the molecule is CC/C=C\C/C=C\C/C=C\C/C=C\C/C=C\CCCCCCCCCCCCCCCC(=O)OC(COC(=O)CCCCCCCCCC/C=C\C/C=C\C/C=C\CCCCCCC)COP(=O)(O)OCC[N+](C)(C)C. The van der Waals surface area contributed by atoms with Crippen LogP contribution < -0.4 is 0 Å². The molecule has 0 aliphatic carbocycles. The van der Waals surface area contributed by atoms with Gasteiger partial charge in [0.2, 0.25) is 0 Å². The van der Waals surface area contributed by atoms with Crippen molar-refractivity contribution in [3.63, 3.8) is 0 Å². The van der Waals surface area contributed by atoms with Gasteiger partial charge in [-0.05, 0) is 96.3 Å². The Labute approximate surface area is 468 Å². The van der Waals surface area contributed by atoms with Crippen LogP contribution in [0.3, 0.4) is 0 Å². The topological polar surface area (TPSA) is 108 Å². The maximum atomic E-state index is 12.8. The fourth-order valence-electron chi connectivity index (χ4n) is 8.34. The lowest BCUT2D eigenvalue weighted by Gasteiger charge is -2.24. The average Bonchev–Trinajstić information content (AvgIpc) is 3.38. The number of ether oxygens (including phenoxy) is 2. The third-order valence-corrected chi connectivity index (χ3v) is 14.1. The van der Waals surface area contributed by atoms with Gasteiger partial charge in [0.05, 0.1) is 27.7 Å². The number of unbranched alkanes of at least 4 members (excludes halogenated alkanes) is 26. The van der Waals surface area contributed by atoms with Crippen LogP contribution in [0.4, 0.5) is 0 Å². The van der Waals surface area contributed by atoms with Gasteiger partial charge in [-0.2, -0.15) is 0 Å². The number of hydrogen-bond donors (Lipinski definition) is 1. The highest BCUT2D eigenvalue weighted by molar-refractivity contribution is 7.47. The molecule has 9 nitrogen and oxygen atoms in total. The first-order chi connectivity index (χ1) is 37.0. The molecule has 76 heavy (non-hydrogen) atoms. The molecule has 0 aromatic carbocycles. The monoisotopic (exact) mass is 1080 g/mol. The summed E-state index contributed by atoms with van der Waals surface area (Å²) in [5.41, 5.74) is 0. The molecule has 0 rings (SSSR count). The highest BCUT2D eigenvalue weighted by Gasteiger charge is 2.27. The maximum Gasteiger partial charge on any atom is 0.472 e. The molecule has 0 saturated heterocycles. The van der Waals surface area contributed by atoms with Crippen LogP contribution in [-0.4, -0.2) is 74.9 Å². The number of quaternary nitrogens is 1. The number of phosphoric acid groups is 1. The minimum absolute atomic E-state index is 0.0263. The van der Waals surface area contributed by atoms with Crippen LogP contribution in [0, 0.1) is 0 Å². The molecular formula is C66H117NO8P+. The maximum absolute atomic E-state index is 12.8. The lowest BCUT2D eigenvalue weighted by atomic mass is 10.0. The van der Waals surface area contributed by atoms with Gasteiger partial charge in [0.15, 0.2) is 6.10 Å². The Hall–Kier alpha value is -3.07. The molecular weight excluding hydrogens is 966 g/mol. The van der Waals surface area contributed by atoms with E-state index >= 15 is 0 Å². The largest absolute Gasteiger partial charge is 0.472 e. The van der Waals surface area contributed by atoms with Gasteiger partial charge in [-0.1, -0.05) is 246 Å². The van der Waals surface area contributed by atoms with E-state index in [1.807, 2.05) is 21.1 Å². The van der Waals surface area contributed by atoms with Crippen LogP contribution in [0.1, 0.15) is 258 Å². The summed E-state index contributed by atoms with van der Waals surface area (Å²) in [6, 6.07) is 0. The Bertz CT molecular complexity index is 1600. The summed E-state index contributed by atoms with van der Waals surface area (Å²) in [6.45, 7) is 4.31. The van der Waals surface area contributed by atoms with Gasteiger partial charge in [0, 0.05) is 12.8 Å². The zero-order valence-corrected chi connectivity index (χ0v) is 50.6. The van der Waals surface area contributed by atoms with E-state index in [1.54, 1.807) is 0 Å². The van der Waals surface area contributed by atoms with Crippen molar-refractivity contribution in [2.75, 3.05) is 47.5 Å². The van der Waals surface area contributed by atoms with E-state index in [4.69, 9.17) is 18.5 Å². The molecule has 0 amide bonds. The molecule has 438 valence electrons. The highest BCUT2D eigenvalue weighted by Crippen LogP contribution is 2.43. The first-order valence-corrected chi connectivity index (χ1v) is 32.5. The fourth-order valence-corrected chi connectivity index (χ4v) is 9.09. The van der Waals surface area contributed by atoms with Gasteiger partial charge in [-0.15, -0.1) is 0 Å². The third-order valence-electron chi connectivity index (χ3n) is 13.1. The number of rotatable bonds is 56. The molecule has 0 bridgehead atoms. The van der Waals surface area contributed by atoms with Gasteiger partial charge >= 0.3 is 19.8 Å². The molecule has 2 unspecified atom stereocenters. The smallest absolute Gasteiger partial charge is 0.462 e. The number of phosphoric ester groups is 1. The predicted octanol–water partition coefficient (Wildman–Crippen LogP) is 19.6. The van der Waals surface area contributed by atoms with Crippen molar-refractivity contribution in [3.05, 3.63) is 97.2 Å². The van der Waals surface area contributed by atoms with E-state index in [0.717, 1.165) is 96.3 Å². The van der Waals surface area contributed by atoms with Crippen LogP contribution >= 0.6 is 7.82 Å². The molecule has 0 aliphatic heterocycles. The van der Waals surface area contributed by atoms with Crippen LogP contribution in [0.5, 0.6) is 0 Å². The van der Waals surface area contributed by atoms with E-state index in [1.165, 1.54) is 128 Å². The van der Waals surface area contributed by atoms with Crippen molar-refractivity contribution in [2.24, 2.45) is 0 Å². The third kappa shape index (κ3) is 60.2. The van der Waals surface area contributed by atoms with E-state index in [0.29, 0.717) is 17.4 Å². The number of esters is 2. The normalized spacial score (nSPS) is 13.9. The van der Waals surface area contributed by atoms with Gasteiger partial charge in [0.25, 0.3) is 0 Å². The van der Waals surface area contributed by atoms with Crippen molar-refractivity contribution < 1.29 is 42.1 Å². The van der Waals surface area contributed by atoms with Gasteiger partial charge in [0.1, 0.15) is 19.8 Å². The molecule has 0 spiro atoms. The van der Waals surface area contributed by atoms with Crippen LogP contribution in [0.25, 0.3) is 0 Å². The summed E-state index contributed by atoms with van der Waals surface area (Å²) in [4.78, 5) is 35.8. The quantitative estimate of drug-likeness (QED) is 0.0211. The molecule has 0 saturated carbocycles. The summed E-state index contributed by atoms with van der Waals surface area (Å²) >= 11 is 0. The Balaban J connectivity index is 4.15. The Morgan fingerprint density at radius 2 is 0.750 bits per heavy atom. The van der Waals surface area contributed by atoms with Crippen molar-refractivity contribution in [1.82, 2.24) is 0 Å². The molecule has 1 N–H and O–H groups in total. The van der Waals surface area contributed by atoms with Crippen molar-refractivity contribution >= 4 is 19.8 Å². The second kappa shape index (κ2) is 56.6. The molecule has 10 heteroatoms. The van der Waals surface area contributed by atoms with Crippen molar-refractivity contribution in [3.8, 4) is 0 Å². The highest BCUT2D eigenvalue weighted by atomic mass is 31.2. The Morgan fingerprint density at radius 3 is 1.12 bits per heavy atom. The van der Waals surface area contributed by atoms with Gasteiger partial charge < -0.3 is 18.9 Å². The molecule has 0 aromatic heterocycles.